The van der Waals surface area contributed by atoms with Crippen molar-refractivity contribution in [2.24, 2.45) is 5.92 Å². The summed E-state index contributed by atoms with van der Waals surface area (Å²) in [7, 11) is 0. The molecule has 0 spiro atoms. The molecule has 190 valence electrons. The molecule has 2 aromatic carbocycles. The van der Waals surface area contributed by atoms with Gasteiger partial charge in [0.05, 0.1) is 0 Å². The van der Waals surface area contributed by atoms with Crippen molar-refractivity contribution >= 4 is 11.8 Å². The van der Waals surface area contributed by atoms with Crippen LogP contribution in [0.25, 0.3) is 11.3 Å². The monoisotopic (exact) mass is 491 g/mol. The third-order valence-corrected chi connectivity index (χ3v) is 6.06. The fraction of sp³-hybridized carbons (Fsp3) is 0.393. The number of carbonyl (C=O) groups is 2. The first-order chi connectivity index (χ1) is 17.2. The average molecular weight is 492 g/mol. The second-order valence-electron chi connectivity index (χ2n) is 9.71. The molecule has 3 aromatic rings. The first-order valence-corrected chi connectivity index (χ1v) is 12.2. The second kappa shape index (κ2) is 10.8. The highest BCUT2D eigenvalue weighted by Crippen LogP contribution is 2.32. The van der Waals surface area contributed by atoms with Crippen molar-refractivity contribution in [3.8, 4) is 22.8 Å². The number of ether oxygens (including phenoxy) is 2. The molecule has 36 heavy (non-hydrogen) atoms. The zero-order chi connectivity index (χ0) is 25.8. The van der Waals surface area contributed by atoms with Crippen LogP contribution in [0.3, 0.4) is 0 Å². The topological polar surface area (TPSA) is 93.9 Å². The van der Waals surface area contributed by atoms with E-state index in [2.05, 4.69) is 22.6 Å². The second-order valence-corrected chi connectivity index (χ2v) is 9.71. The number of amides is 2. The van der Waals surface area contributed by atoms with Gasteiger partial charge in [-0.25, -0.2) is 0 Å². The molecule has 0 radical (unpaired) electrons. The Hall–Kier alpha value is -3.81. The Morgan fingerprint density at radius 2 is 1.75 bits per heavy atom. The van der Waals surface area contributed by atoms with Gasteiger partial charge in [-0.15, -0.1) is 0 Å². The zero-order valence-corrected chi connectivity index (χ0v) is 21.5. The molecule has 0 atom stereocenters. The van der Waals surface area contributed by atoms with Crippen molar-refractivity contribution in [1.82, 2.24) is 15.4 Å². The van der Waals surface area contributed by atoms with Crippen LogP contribution >= 0.6 is 0 Å². The maximum atomic E-state index is 13.3. The van der Waals surface area contributed by atoms with Gasteiger partial charge in [0.1, 0.15) is 0 Å². The molecule has 8 nitrogen and oxygen atoms in total. The SMILES string of the molecule is Cc1cc(C)c(-c2cc(C(=O)N(CCC(=O)NCc3ccc4c(c3)OCO4)CC(C)C)no2)c(C)c1. The summed E-state index contributed by atoms with van der Waals surface area (Å²) in [5, 5.41) is 6.98. The third-order valence-electron chi connectivity index (χ3n) is 6.06. The minimum atomic E-state index is -0.246. The van der Waals surface area contributed by atoms with Crippen LogP contribution < -0.4 is 14.8 Å². The van der Waals surface area contributed by atoms with Crippen molar-refractivity contribution in [2.45, 2.75) is 47.6 Å². The third kappa shape index (κ3) is 5.87. The molecule has 1 N–H and O–H groups in total. The molecule has 1 aliphatic heterocycles. The molecule has 0 fully saturated rings. The van der Waals surface area contributed by atoms with E-state index < -0.39 is 0 Å². The normalized spacial score (nSPS) is 12.2. The van der Waals surface area contributed by atoms with E-state index in [0.29, 0.717) is 30.3 Å². The summed E-state index contributed by atoms with van der Waals surface area (Å²) in [5.41, 5.74) is 5.42. The smallest absolute Gasteiger partial charge is 0.276 e. The minimum Gasteiger partial charge on any atom is -0.454 e. The number of nitrogens with zero attached hydrogens (tertiary/aromatic N) is 2. The van der Waals surface area contributed by atoms with Gasteiger partial charge in [0.2, 0.25) is 12.7 Å². The number of fused-ring (bicyclic) bond motifs is 1. The number of aryl methyl sites for hydroxylation is 3. The number of benzene rings is 2. The van der Waals surface area contributed by atoms with Crippen LogP contribution in [0.4, 0.5) is 0 Å². The summed E-state index contributed by atoms with van der Waals surface area (Å²) in [5.74, 6) is 1.80. The molecular weight excluding hydrogens is 458 g/mol. The van der Waals surface area contributed by atoms with Gasteiger partial charge in [0.25, 0.3) is 5.91 Å². The largest absolute Gasteiger partial charge is 0.454 e. The van der Waals surface area contributed by atoms with Crippen LogP contribution in [0.15, 0.2) is 40.9 Å². The number of carbonyl (C=O) groups excluding carboxylic acids is 2. The van der Waals surface area contributed by atoms with Crippen LogP contribution in [0.5, 0.6) is 11.5 Å². The molecule has 4 rings (SSSR count). The van der Waals surface area contributed by atoms with Crippen LogP contribution in [0.1, 0.15) is 53.0 Å². The van der Waals surface area contributed by atoms with E-state index in [9.17, 15) is 9.59 Å². The summed E-state index contributed by atoms with van der Waals surface area (Å²) >= 11 is 0. The van der Waals surface area contributed by atoms with Crippen molar-refractivity contribution in [3.05, 3.63) is 64.3 Å². The lowest BCUT2D eigenvalue weighted by atomic mass is 9.98. The van der Waals surface area contributed by atoms with Crippen molar-refractivity contribution in [3.63, 3.8) is 0 Å². The van der Waals surface area contributed by atoms with E-state index in [1.54, 1.807) is 11.0 Å². The van der Waals surface area contributed by atoms with E-state index in [0.717, 1.165) is 22.3 Å². The fourth-order valence-corrected chi connectivity index (χ4v) is 4.52. The van der Waals surface area contributed by atoms with Gasteiger partial charge in [0.15, 0.2) is 23.0 Å². The van der Waals surface area contributed by atoms with Gasteiger partial charge >= 0.3 is 0 Å². The molecule has 0 bridgehead atoms. The van der Waals surface area contributed by atoms with Crippen LogP contribution in [-0.4, -0.2) is 41.8 Å². The summed E-state index contributed by atoms with van der Waals surface area (Å²) in [6.45, 7) is 11.5. The zero-order valence-electron chi connectivity index (χ0n) is 21.5. The predicted molar refractivity (Wildman–Crippen MR) is 136 cm³/mol. The molecule has 0 aliphatic carbocycles. The molecule has 0 unspecified atom stereocenters. The molecule has 1 aromatic heterocycles. The highest BCUT2D eigenvalue weighted by Gasteiger charge is 2.23. The Kier molecular flexibility index (Phi) is 7.62. The predicted octanol–water partition coefficient (Wildman–Crippen LogP) is 4.80. The van der Waals surface area contributed by atoms with E-state index in [1.807, 2.05) is 52.8 Å². The average Bonchev–Trinajstić information content (AvgIpc) is 3.48. The minimum absolute atomic E-state index is 0.138. The molecule has 8 heteroatoms. The van der Waals surface area contributed by atoms with Crippen molar-refractivity contribution < 1.29 is 23.6 Å². The Bertz CT molecular complexity index is 1240. The lowest BCUT2D eigenvalue weighted by Crippen LogP contribution is -2.37. The maximum Gasteiger partial charge on any atom is 0.276 e. The first-order valence-electron chi connectivity index (χ1n) is 12.2. The van der Waals surface area contributed by atoms with Crippen LogP contribution in [-0.2, 0) is 11.3 Å². The number of aromatic nitrogens is 1. The molecule has 2 amide bonds. The van der Waals surface area contributed by atoms with Crippen molar-refractivity contribution in [2.75, 3.05) is 19.9 Å². The summed E-state index contributed by atoms with van der Waals surface area (Å²) in [4.78, 5) is 27.5. The summed E-state index contributed by atoms with van der Waals surface area (Å²) < 4.78 is 16.3. The van der Waals surface area contributed by atoms with E-state index >= 15 is 0 Å². The van der Waals surface area contributed by atoms with Gasteiger partial charge in [-0.1, -0.05) is 42.8 Å². The highest BCUT2D eigenvalue weighted by atomic mass is 16.7. The Balaban J connectivity index is 1.39. The highest BCUT2D eigenvalue weighted by molar-refractivity contribution is 5.93. The lowest BCUT2D eigenvalue weighted by molar-refractivity contribution is -0.121. The number of hydrogen-bond donors (Lipinski definition) is 1. The first kappa shape index (κ1) is 25.3. The molecule has 1 aliphatic rings. The lowest BCUT2D eigenvalue weighted by Gasteiger charge is -2.23. The van der Waals surface area contributed by atoms with Gasteiger partial charge in [0, 0.05) is 37.7 Å². The quantitative estimate of drug-likeness (QED) is 0.462. The number of rotatable bonds is 9. The number of hydrogen-bond acceptors (Lipinski definition) is 6. The standard InChI is InChI=1S/C28H33N3O5/c1-17(2)15-31(9-8-26(32)29-14-21-6-7-23-24(12-21)35-16-34-23)28(33)22-13-25(36-30-22)27-19(4)10-18(3)11-20(27)5/h6-7,10-13,17H,8-9,14-16H2,1-5H3,(H,29,32). The van der Waals surface area contributed by atoms with Gasteiger partial charge in [-0.05, 0) is 55.5 Å². The fourth-order valence-electron chi connectivity index (χ4n) is 4.52. The van der Waals surface area contributed by atoms with E-state index in [1.165, 1.54) is 5.56 Å². The molecule has 2 heterocycles. The van der Waals surface area contributed by atoms with Gasteiger partial charge < -0.3 is 24.2 Å². The summed E-state index contributed by atoms with van der Waals surface area (Å²) in [6, 6.07) is 11.4. The molecular formula is C28H33N3O5. The Labute approximate surface area is 211 Å². The Morgan fingerprint density at radius 1 is 1.03 bits per heavy atom. The maximum absolute atomic E-state index is 13.3. The molecule has 0 saturated heterocycles. The molecule has 0 saturated carbocycles. The Morgan fingerprint density at radius 3 is 2.47 bits per heavy atom. The van der Waals surface area contributed by atoms with E-state index in [4.69, 9.17) is 14.0 Å². The van der Waals surface area contributed by atoms with E-state index in [-0.39, 0.29) is 43.2 Å². The number of nitrogens with one attached hydrogen (secondary N) is 1. The summed E-state index contributed by atoms with van der Waals surface area (Å²) in [6.07, 6.45) is 0.184. The van der Waals surface area contributed by atoms with Crippen molar-refractivity contribution in [1.29, 1.82) is 0 Å². The van der Waals surface area contributed by atoms with Crippen LogP contribution in [0.2, 0.25) is 0 Å². The van der Waals surface area contributed by atoms with Crippen LogP contribution in [0, 0.1) is 26.7 Å². The van der Waals surface area contributed by atoms with Gasteiger partial charge in [-0.3, -0.25) is 9.59 Å². The van der Waals surface area contributed by atoms with Gasteiger partial charge in [-0.2, -0.15) is 0 Å².